The third kappa shape index (κ3) is 9.07. The van der Waals surface area contributed by atoms with Crippen molar-refractivity contribution in [1.82, 2.24) is 9.62 Å². The summed E-state index contributed by atoms with van der Waals surface area (Å²) in [5.74, 6) is -3.18. The number of sulfonamides is 1. The van der Waals surface area contributed by atoms with Crippen LogP contribution in [0.15, 0.2) is 55.1 Å². The van der Waals surface area contributed by atoms with Gasteiger partial charge in [-0.15, -0.1) is 6.58 Å². The number of hydrogen-bond donors (Lipinski definition) is 1. The van der Waals surface area contributed by atoms with E-state index < -0.39 is 56.4 Å². The van der Waals surface area contributed by atoms with Crippen LogP contribution in [-0.4, -0.2) is 67.4 Å². The lowest BCUT2D eigenvalue weighted by Gasteiger charge is -2.35. The molecule has 0 spiro atoms. The van der Waals surface area contributed by atoms with Crippen LogP contribution in [0.2, 0.25) is 0 Å². The van der Waals surface area contributed by atoms with Gasteiger partial charge in [-0.1, -0.05) is 63.2 Å². The average Bonchev–Trinajstić information content (AvgIpc) is 3.50. The van der Waals surface area contributed by atoms with Gasteiger partial charge in [0.2, 0.25) is 21.8 Å². The Hall–Kier alpha value is -3.57. The van der Waals surface area contributed by atoms with Crippen LogP contribution in [0.3, 0.4) is 0 Å². The molecule has 256 valence electrons. The summed E-state index contributed by atoms with van der Waals surface area (Å²) in [6.07, 6.45) is 1.99. The number of likely N-dealkylation sites (tertiary alicyclic amines) is 1. The molecule has 2 aliphatic rings. The van der Waals surface area contributed by atoms with E-state index in [0.717, 1.165) is 22.6 Å². The van der Waals surface area contributed by atoms with Crippen LogP contribution >= 0.6 is 0 Å². The van der Waals surface area contributed by atoms with Gasteiger partial charge in [0.1, 0.15) is 5.60 Å². The van der Waals surface area contributed by atoms with Gasteiger partial charge in [0, 0.05) is 19.4 Å². The summed E-state index contributed by atoms with van der Waals surface area (Å²) in [7, 11) is -3.86. The smallest absolute Gasteiger partial charge is 0.307 e. The minimum Gasteiger partial charge on any atom is -0.460 e. The number of nitrogens with zero attached hydrogens (tertiary/aromatic N) is 1. The Labute approximate surface area is 278 Å². The summed E-state index contributed by atoms with van der Waals surface area (Å²) in [5, 5.41) is 2.17. The summed E-state index contributed by atoms with van der Waals surface area (Å²) in [6, 6.07) is 13.1. The van der Waals surface area contributed by atoms with Gasteiger partial charge >= 0.3 is 5.97 Å². The fourth-order valence-electron chi connectivity index (χ4n) is 6.41. The van der Waals surface area contributed by atoms with Gasteiger partial charge in [0.05, 0.1) is 42.8 Å². The Bertz CT molecular complexity index is 1650. The zero-order valence-corrected chi connectivity index (χ0v) is 29.3. The Morgan fingerprint density at radius 3 is 2.30 bits per heavy atom. The maximum atomic E-state index is 14.3. The highest BCUT2D eigenvalue weighted by atomic mass is 32.2. The van der Waals surface area contributed by atoms with E-state index in [1.165, 1.54) is 4.90 Å². The minimum absolute atomic E-state index is 0.122. The van der Waals surface area contributed by atoms with Crippen molar-refractivity contribution in [2.24, 2.45) is 22.7 Å². The Morgan fingerprint density at radius 1 is 1.06 bits per heavy atom. The summed E-state index contributed by atoms with van der Waals surface area (Å²) < 4.78 is 37.7. The molecule has 2 unspecified atom stereocenters. The number of nitrogens with one attached hydrogen (secondary N) is 1. The number of benzene rings is 2. The van der Waals surface area contributed by atoms with Gasteiger partial charge in [-0.2, -0.15) is 0 Å². The van der Waals surface area contributed by atoms with Gasteiger partial charge < -0.3 is 14.4 Å². The van der Waals surface area contributed by atoms with Gasteiger partial charge in [-0.25, -0.2) is 8.42 Å². The van der Waals surface area contributed by atoms with E-state index in [9.17, 15) is 27.6 Å². The molecule has 1 N–H and O–H groups in total. The second-order valence-electron chi connectivity index (χ2n) is 15.1. The molecule has 47 heavy (non-hydrogen) atoms. The van der Waals surface area contributed by atoms with Crippen molar-refractivity contribution in [3.8, 4) is 0 Å². The van der Waals surface area contributed by atoms with Gasteiger partial charge in [0.15, 0.2) is 5.78 Å². The minimum atomic E-state index is -3.86. The number of hydrogen-bond acceptors (Lipinski definition) is 8. The summed E-state index contributed by atoms with van der Waals surface area (Å²) >= 11 is 0. The standard InChI is InChI=1S/C36H48N2O8S/c1-9-26-19-36(26,33(42)37-47(8,43)44)20-30(39)29-17-27(45-22-23-14-15-24-12-10-11-13-25(24)16-23)21-38(29)32(41)28(34(2,3)4)18-31(40)46-35(5,6)7/h9-16,26-29H,1,17-22H2,2-8H3,(H,37,42)/t26?,27-,28-,29+,36?/m1/s1. The van der Waals surface area contributed by atoms with Crippen LogP contribution in [-0.2, 0) is 45.3 Å². The first-order valence-corrected chi connectivity index (χ1v) is 17.9. The van der Waals surface area contributed by atoms with Crippen LogP contribution < -0.4 is 4.72 Å². The summed E-state index contributed by atoms with van der Waals surface area (Å²) in [6.45, 7) is 15.0. The molecule has 2 aromatic carbocycles. The number of amides is 2. The number of ketones is 1. The number of rotatable bonds is 12. The first-order chi connectivity index (χ1) is 21.7. The number of Topliss-reactive ketones (excluding diaryl/α,β-unsaturated/α-hetero) is 1. The number of allylic oxidation sites excluding steroid dienone is 1. The molecule has 2 amide bonds. The molecule has 1 heterocycles. The summed E-state index contributed by atoms with van der Waals surface area (Å²) in [4.78, 5) is 56.0. The Kier molecular flexibility index (Phi) is 10.4. The maximum Gasteiger partial charge on any atom is 0.307 e. The second kappa shape index (κ2) is 13.5. The van der Waals surface area contributed by atoms with E-state index in [2.05, 4.69) is 6.58 Å². The highest BCUT2D eigenvalue weighted by Gasteiger charge is 2.61. The molecule has 1 aliphatic carbocycles. The van der Waals surface area contributed by atoms with Crippen molar-refractivity contribution in [2.45, 2.75) is 91.6 Å². The fraction of sp³-hybridized carbons (Fsp3) is 0.556. The normalized spacial score (nSPS) is 23.6. The fourth-order valence-corrected chi connectivity index (χ4v) is 6.95. The largest absolute Gasteiger partial charge is 0.460 e. The van der Waals surface area contributed by atoms with Crippen molar-refractivity contribution in [2.75, 3.05) is 12.8 Å². The predicted octanol–water partition coefficient (Wildman–Crippen LogP) is 4.95. The van der Waals surface area contributed by atoms with E-state index in [0.29, 0.717) is 0 Å². The van der Waals surface area contributed by atoms with Crippen LogP contribution in [0.1, 0.15) is 72.8 Å². The van der Waals surface area contributed by atoms with Crippen LogP contribution in [0, 0.1) is 22.7 Å². The van der Waals surface area contributed by atoms with Crippen molar-refractivity contribution in [3.63, 3.8) is 0 Å². The first-order valence-electron chi connectivity index (χ1n) is 16.0. The molecular weight excluding hydrogens is 620 g/mol. The number of carbonyl (C=O) groups excluding carboxylic acids is 4. The lowest BCUT2D eigenvalue weighted by Crippen LogP contribution is -2.48. The summed E-state index contributed by atoms with van der Waals surface area (Å²) in [5.41, 5.74) is -1.70. The molecule has 1 saturated carbocycles. The van der Waals surface area contributed by atoms with E-state index in [1.54, 1.807) is 26.8 Å². The van der Waals surface area contributed by atoms with Crippen LogP contribution in [0.25, 0.3) is 10.8 Å². The van der Waals surface area contributed by atoms with Gasteiger partial charge in [-0.3, -0.25) is 23.9 Å². The predicted molar refractivity (Wildman–Crippen MR) is 179 cm³/mol. The molecule has 1 aliphatic heterocycles. The van der Waals surface area contributed by atoms with E-state index >= 15 is 0 Å². The second-order valence-corrected chi connectivity index (χ2v) is 16.9. The molecule has 10 nitrogen and oxygen atoms in total. The van der Waals surface area contributed by atoms with E-state index in [1.807, 2.05) is 68.0 Å². The molecular formula is C36H48N2O8S. The third-order valence-corrected chi connectivity index (χ3v) is 9.55. The molecule has 2 fully saturated rings. The molecule has 0 aromatic heterocycles. The lowest BCUT2D eigenvalue weighted by atomic mass is 9.77. The van der Waals surface area contributed by atoms with Crippen molar-refractivity contribution in [1.29, 1.82) is 0 Å². The molecule has 5 atom stereocenters. The molecule has 4 rings (SSSR count). The zero-order chi connectivity index (χ0) is 34.9. The highest BCUT2D eigenvalue weighted by Crippen LogP contribution is 2.57. The SMILES string of the molecule is C=CC1CC1(CC(=O)[C@@H]1C[C@@H](OCc2ccc3ccccc3c2)CN1C(=O)[C@@H](CC(=O)OC(C)(C)C)C(C)(C)C)C(=O)NS(C)(=O)=O. The molecule has 1 saturated heterocycles. The van der Waals surface area contributed by atoms with Gasteiger partial charge in [-0.05, 0) is 60.9 Å². The monoisotopic (exact) mass is 668 g/mol. The number of carbonyl (C=O) groups is 4. The lowest BCUT2D eigenvalue weighted by molar-refractivity contribution is -0.161. The Balaban J connectivity index is 1.60. The maximum absolute atomic E-state index is 14.3. The quantitative estimate of drug-likeness (QED) is 0.248. The van der Waals surface area contributed by atoms with Crippen LogP contribution in [0.5, 0.6) is 0 Å². The van der Waals surface area contributed by atoms with Crippen molar-refractivity contribution in [3.05, 3.63) is 60.7 Å². The Morgan fingerprint density at radius 2 is 1.72 bits per heavy atom. The molecule has 0 bridgehead atoms. The average molecular weight is 669 g/mol. The zero-order valence-electron chi connectivity index (χ0n) is 28.5. The van der Waals surface area contributed by atoms with E-state index in [4.69, 9.17) is 9.47 Å². The number of fused-ring (bicyclic) bond motifs is 1. The number of esters is 1. The van der Waals surface area contributed by atoms with Crippen molar-refractivity contribution < 1.29 is 37.1 Å². The molecule has 0 radical (unpaired) electrons. The third-order valence-electron chi connectivity index (χ3n) is 8.99. The highest BCUT2D eigenvalue weighted by molar-refractivity contribution is 7.89. The van der Waals surface area contributed by atoms with Gasteiger partial charge in [0.25, 0.3) is 0 Å². The molecule has 2 aromatic rings. The topological polar surface area (TPSA) is 136 Å². The van der Waals surface area contributed by atoms with Crippen LogP contribution in [0.4, 0.5) is 0 Å². The first kappa shape index (κ1) is 36.3. The molecule has 11 heteroatoms. The van der Waals surface area contributed by atoms with E-state index in [-0.39, 0.29) is 56.4 Å². The van der Waals surface area contributed by atoms with Crippen molar-refractivity contribution >= 4 is 44.4 Å². The number of ether oxygens (including phenoxy) is 2.